The van der Waals surface area contributed by atoms with E-state index in [9.17, 15) is 17.6 Å². The van der Waals surface area contributed by atoms with Gasteiger partial charge in [-0.05, 0) is 17.7 Å². The Balaban J connectivity index is 2.56. The minimum Gasteiger partial charge on any atom is -0.494 e. The van der Waals surface area contributed by atoms with Gasteiger partial charge in [-0.3, -0.25) is 0 Å². The first-order valence-electron chi connectivity index (χ1n) is 5.29. The van der Waals surface area contributed by atoms with Gasteiger partial charge in [0.1, 0.15) is 5.75 Å². The van der Waals surface area contributed by atoms with Crippen molar-refractivity contribution in [2.75, 3.05) is 7.11 Å². The van der Waals surface area contributed by atoms with Gasteiger partial charge in [-0.2, -0.15) is 17.6 Å². The smallest absolute Gasteiger partial charge is 0.416 e. The van der Waals surface area contributed by atoms with E-state index in [1.807, 2.05) is 0 Å². The van der Waals surface area contributed by atoms with Crippen molar-refractivity contribution >= 4 is 0 Å². The molecule has 0 saturated carbocycles. The van der Waals surface area contributed by atoms with Crippen LogP contribution in [0.2, 0.25) is 0 Å². The molecule has 100 valence electrons. The zero-order chi connectivity index (χ0) is 14.0. The van der Waals surface area contributed by atoms with Crippen LogP contribution in [0.4, 0.5) is 17.6 Å². The number of hydrogen-bond donors (Lipinski definition) is 0. The molecule has 0 aliphatic carbocycles. The fourth-order valence-corrected chi connectivity index (χ4v) is 1.67. The summed E-state index contributed by atoms with van der Waals surface area (Å²) >= 11 is 0. The van der Waals surface area contributed by atoms with Gasteiger partial charge in [0, 0.05) is 11.6 Å². The number of rotatable bonds is 2. The highest BCUT2D eigenvalue weighted by molar-refractivity contribution is 5.70. The van der Waals surface area contributed by atoms with Crippen molar-refractivity contribution < 1.29 is 22.3 Å². The van der Waals surface area contributed by atoms with E-state index in [0.717, 1.165) is 24.4 Å². The maximum Gasteiger partial charge on any atom is 0.416 e. The normalized spacial score (nSPS) is 11.4. The Morgan fingerprint density at radius 1 is 1.16 bits per heavy atom. The monoisotopic (exact) mass is 271 g/mol. The van der Waals surface area contributed by atoms with Crippen LogP contribution in [0.5, 0.6) is 5.75 Å². The molecule has 1 aromatic heterocycles. The highest BCUT2D eigenvalue weighted by Crippen LogP contribution is 2.35. The second kappa shape index (κ2) is 4.87. The molecule has 2 rings (SSSR count). The maximum absolute atomic E-state index is 13.1. The number of ether oxygens (including phenoxy) is 1. The summed E-state index contributed by atoms with van der Waals surface area (Å²) in [4.78, 5) is 3.39. The van der Waals surface area contributed by atoms with Crippen molar-refractivity contribution in [2.24, 2.45) is 0 Å². The highest BCUT2D eigenvalue weighted by atomic mass is 19.4. The van der Waals surface area contributed by atoms with Gasteiger partial charge >= 0.3 is 6.18 Å². The summed E-state index contributed by atoms with van der Waals surface area (Å²) in [6.45, 7) is 0. The number of pyridine rings is 1. The van der Waals surface area contributed by atoms with Crippen molar-refractivity contribution in [2.45, 2.75) is 6.18 Å². The molecule has 2 nitrogen and oxygen atoms in total. The van der Waals surface area contributed by atoms with E-state index >= 15 is 0 Å². The summed E-state index contributed by atoms with van der Waals surface area (Å²) in [5.74, 6) is -0.575. The van der Waals surface area contributed by atoms with Crippen molar-refractivity contribution in [3.63, 3.8) is 0 Å². The van der Waals surface area contributed by atoms with Gasteiger partial charge in [0.25, 0.3) is 0 Å². The van der Waals surface area contributed by atoms with E-state index in [0.29, 0.717) is 0 Å². The summed E-state index contributed by atoms with van der Waals surface area (Å²) in [6, 6.07) is 5.64. The molecular weight excluding hydrogens is 262 g/mol. The highest BCUT2D eigenvalue weighted by Gasteiger charge is 2.30. The van der Waals surface area contributed by atoms with Crippen LogP contribution in [-0.2, 0) is 6.18 Å². The van der Waals surface area contributed by atoms with E-state index in [2.05, 4.69) is 4.98 Å². The van der Waals surface area contributed by atoms with Crippen molar-refractivity contribution in [3.8, 4) is 16.9 Å². The van der Waals surface area contributed by atoms with Crippen LogP contribution >= 0.6 is 0 Å². The Bertz CT molecular complexity index is 595. The number of benzene rings is 1. The second-order valence-electron chi connectivity index (χ2n) is 3.79. The predicted octanol–water partition coefficient (Wildman–Crippen LogP) is 3.92. The molecule has 2 aromatic rings. The lowest BCUT2D eigenvalue weighted by atomic mass is 10.0. The molecule has 0 N–H and O–H groups in total. The number of hydrogen-bond acceptors (Lipinski definition) is 2. The molecule has 0 unspecified atom stereocenters. The molecule has 0 radical (unpaired) electrons. The van der Waals surface area contributed by atoms with Crippen LogP contribution in [0, 0.1) is 5.95 Å². The van der Waals surface area contributed by atoms with Crippen LogP contribution in [0.15, 0.2) is 36.5 Å². The third kappa shape index (κ3) is 2.83. The minimum atomic E-state index is -4.45. The Morgan fingerprint density at radius 3 is 2.53 bits per heavy atom. The lowest BCUT2D eigenvalue weighted by molar-refractivity contribution is -0.137. The number of methoxy groups -OCH3 is 1. The lowest BCUT2D eigenvalue weighted by Crippen LogP contribution is -2.04. The van der Waals surface area contributed by atoms with Gasteiger partial charge < -0.3 is 4.74 Å². The molecule has 19 heavy (non-hydrogen) atoms. The SMILES string of the molecule is COc1cnc(F)cc1-c1cccc(C(F)(F)F)c1. The summed E-state index contributed by atoms with van der Waals surface area (Å²) < 4.78 is 56.0. The molecule has 0 saturated heterocycles. The topological polar surface area (TPSA) is 22.1 Å². The molecular formula is C13H9F4NO. The van der Waals surface area contributed by atoms with E-state index in [1.54, 1.807) is 0 Å². The van der Waals surface area contributed by atoms with Crippen LogP contribution in [-0.4, -0.2) is 12.1 Å². The van der Waals surface area contributed by atoms with Crippen molar-refractivity contribution in [1.82, 2.24) is 4.98 Å². The second-order valence-corrected chi connectivity index (χ2v) is 3.79. The zero-order valence-corrected chi connectivity index (χ0v) is 9.83. The molecule has 0 spiro atoms. The fraction of sp³-hybridized carbons (Fsp3) is 0.154. The molecule has 0 aliphatic heterocycles. The minimum absolute atomic E-state index is 0.209. The summed E-state index contributed by atoms with van der Waals surface area (Å²) in [6.07, 6.45) is -3.32. The lowest BCUT2D eigenvalue weighted by Gasteiger charge is -2.11. The molecule has 1 heterocycles. The number of halogens is 4. The number of aromatic nitrogens is 1. The van der Waals surface area contributed by atoms with E-state index < -0.39 is 17.7 Å². The van der Waals surface area contributed by atoms with Crippen LogP contribution in [0.25, 0.3) is 11.1 Å². The number of alkyl halides is 3. The Hall–Kier alpha value is -2.11. The van der Waals surface area contributed by atoms with Gasteiger partial charge in [-0.25, -0.2) is 4.98 Å². The van der Waals surface area contributed by atoms with Crippen LogP contribution in [0.3, 0.4) is 0 Å². The predicted molar refractivity (Wildman–Crippen MR) is 61.2 cm³/mol. The van der Waals surface area contributed by atoms with Gasteiger partial charge in [-0.15, -0.1) is 0 Å². The Morgan fingerprint density at radius 2 is 1.89 bits per heavy atom. The summed E-state index contributed by atoms with van der Waals surface area (Å²) in [5.41, 5.74) is -0.363. The molecule has 0 bridgehead atoms. The Labute approximate surface area is 106 Å². The molecule has 0 aliphatic rings. The van der Waals surface area contributed by atoms with Crippen molar-refractivity contribution in [3.05, 3.63) is 48.0 Å². The van der Waals surface area contributed by atoms with Crippen molar-refractivity contribution in [1.29, 1.82) is 0 Å². The molecule has 0 atom stereocenters. The quantitative estimate of drug-likeness (QED) is 0.610. The molecule has 6 heteroatoms. The standard InChI is InChI=1S/C13H9F4NO/c1-19-11-7-18-12(14)6-10(11)8-3-2-4-9(5-8)13(15,16)17/h2-7H,1H3. The van der Waals surface area contributed by atoms with E-state index in [1.165, 1.54) is 19.2 Å². The third-order valence-electron chi connectivity index (χ3n) is 2.55. The van der Waals surface area contributed by atoms with Gasteiger partial charge in [-0.1, -0.05) is 12.1 Å². The largest absolute Gasteiger partial charge is 0.494 e. The average Bonchev–Trinajstić information content (AvgIpc) is 2.38. The summed E-state index contributed by atoms with van der Waals surface area (Å²) in [7, 11) is 1.34. The first-order valence-corrected chi connectivity index (χ1v) is 5.29. The molecule has 1 aromatic carbocycles. The van der Waals surface area contributed by atoms with E-state index in [-0.39, 0.29) is 16.9 Å². The van der Waals surface area contributed by atoms with Gasteiger partial charge in [0.05, 0.1) is 18.9 Å². The number of nitrogens with zero attached hydrogens (tertiary/aromatic N) is 1. The van der Waals surface area contributed by atoms with Crippen LogP contribution < -0.4 is 4.74 Å². The van der Waals surface area contributed by atoms with Crippen LogP contribution in [0.1, 0.15) is 5.56 Å². The molecule has 0 amide bonds. The fourth-order valence-electron chi connectivity index (χ4n) is 1.67. The first kappa shape index (κ1) is 13.3. The average molecular weight is 271 g/mol. The third-order valence-corrected chi connectivity index (χ3v) is 2.55. The molecule has 0 fully saturated rings. The maximum atomic E-state index is 13.1. The van der Waals surface area contributed by atoms with Gasteiger partial charge in [0.2, 0.25) is 5.95 Å². The van der Waals surface area contributed by atoms with Gasteiger partial charge in [0.15, 0.2) is 0 Å². The first-order chi connectivity index (χ1) is 8.91. The Kier molecular flexibility index (Phi) is 3.42. The zero-order valence-electron chi connectivity index (χ0n) is 9.83. The van der Waals surface area contributed by atoms with E-state index in [4.69, 9.17) is 4.74 Å². The summed E-state index contributed by atoms with van der Waals surface area (Å²) in [5, 5.41) is 0.